The highest BCUT2D eigenvalue weighted by Crippen LogP contribution is 2.36. The first-order chi connectivity index (χ1) is 15.1. The number of fused-ring (bicyclic) bond motifs is 1. The molecule has 2 aromatic carbocycles. The number of nitrogens with one attached hydrogen (secondary N) is 1. The fraction of sp³-hybridized carbons (Fsp3) is 0.480. The average Bonchev–Trinajstić information content (AvgIpc) is 2.82. The minimum absolute atomic E-state index is 0.0123. The van der Waals surface area contributed by atoms with Crippen molar-refractivity contribution in [2.45, 2.75) is 50.5 Å². The summed E-state index contributed by atoms with van der Waals surface area (Å²) in [5.74, 6) is -0.293. The van der Waals surface area contributed by atoms with Gasteiger partial charge >= 0.3 is 0 Å². The number of nitrogens with zero attached hydrogens (tertiary/aromatic N) is 1. The smallest absolute Gasteiger partial charge is 0.252 e. The molecule has 1 saturated heterocycles. The van der Waals surface area contributed by atoms with Crippen molar-refractivity contribution in [1.82, 2.24) is 10.2 Å². The lowest BCUT2D eigenvalue weighted by Gasteiger charge is -2.42. The molecule has 0 bridgehead atoms. The Morgan fingerprint density at radius 3 is 2.74 bits per heavy atom. The Kier molecular flexibility index (Phi) is 7.00. The van der Waals surface area contributed by atoms with E-state index in [1.165, 1.54) is 17.7 Å². The van der Waals surface area contributed by atoms with Crippen molar-refractivity contribution >= 4 is 5.91 Å². The van der Waals surface area contributed by atoms with E-state index in [0.29, 0.717) is 19.6 Å². The molecule has 2 heterocycles. The molecular formula is C25H31FN2O3. The molecule has 0 saturated carbocycles. The first-order valence-corrected chi connectivity index (χ1v) is 11.1. The van der Waals surface area contributed by atoms with E-state index < -0.39 is 6.10 Å². The lowest BCUT2D eigenvalue weighted by atomic mass is 9.87. The average molecular weight is 427 g/mol. The van der Waals surface area contributed by atoms with Gasteiger partial charge in [-0.15, -0.1) is 0 Å². The van der Waals surface area contributed by atoms with Crippen LogP contribution in [0.4, 0.5) is 4.39 Å². The maximum Gasteiger partial charge on any atom is 0.252 e. The Morgan fingerprint density at radius 2 is 2.00 bits per heavy atom. The largest absolute Gasteiger partial charge is 0.377 e. The predicted molar refractivity (Wildman–Crippen MR) is 117 cm³/mol. The summed E-state index contributed by atoms with van der Waals surface area (Å²) in [7, 11) is 1.68. The van der Waals surface area contributed by atoms with Gasteiger partial charge < -0.3 is 19.7 Å². The van der Waals surface area contributed by atoms with Gasteiger partial charge in [-0.05, 0) is 48.2 Å². The molecule has 31 heavy (non-hydrogen) atoms. The van der Waals surface area contributed by atoms with Crippen molar-refractivity contribution in [2.75, 3.05) is 26.8 Å². The van der Waals surface area contributed by atoms with Gasteiger partial charge in [0, 0.05) is 26.1 Å². The van der Waals surface area contributed by atoms with Crippen LogP contribution in [0.25, 0.3) is 0 Å². The highest BCUT2D eigenvalue weighted by molar-refractivity contribution is 5.82. The van der Waals surface area contributed by atoms with Gasteiger partial charge in [0.15, 0.2) is 0 Å². The van der Waals surface area contributed by atoms with Crippen LogP contribution in [0, 0.1) is 5.82 Å². The van der Waals surface area contributed by atoms with Crippen molar-refractivity contribution in [1.29, 1.82) is 0 Å². The van der Waals surface area contributed by atoms with E-state index >= 15 is 0 Å². The summed E-state index contributed by atoms with van der Waals surface area (Å²) >= 11 is 0. The molecule has 4 atom stereocenters. The third kappa shape index (κ3) is 4.66. The van der Waals surface area contributed by atoms with Crippen LogP contribution in [0.2, 0.25) is 0 Å². The molecule has 166 valence electrons. The Labute approximate surface area is 183 Å². The zero-order valence-electron chi connectivity index (χ0n) is 18.2. The number of hydrogen-bond acceptors (Lipinski definition) is 4. The van der Waals surface area contributed by atoms with Crippen molar-refractivity contribution in [3.63, 3.8) is 0 Å². The van der Waals surface area contributed by atoms with Crippen LogP contribution in [0.1, 0.15) is 42.5 Å². The quantitative estimate of drug-likeness (QED) is 0.769. The standard InChI is InChI=1S/C25H31FN2O3/c1-3-13-27-21-15-22(31-16-23(21)30-2)25(29)28-14-12-17-6-4-5-7-20(17)24(28)18-8-10-19(26)11-9-18/h4-11,21-24,27H,3,12-16H2,1-2H3/t21-,22+,23-,24-/m0/s1. The second kappa shape index (κ2) is 9.90. The molecule has 0 aliphatic carbocycles. The van der Waals surface area contributed by atoms with Gasteiger partial charge in [-0.1, -0.05) is 43.3 Å². The number of carbonyl (C=O) groups excluding carboxylic acids is 1. The lowest BCUT2D eigenvalue weighted by Crippen LogP contribution is -2.55. The van der Waals surface area contributed by atoms with Crippen LogP contribution in [0.5, 0.6) is 0 Å². The number of rotatable bonds is 6. The molecule has 0 unspecified atom stereocenters. The van der Waals surface area contributed by atoms with Gasteiger partial charge in [0.2, 0.25) is 0 Å². The summed E-state index contributed by atoms with van der Waals surface area (Å²) in [5.41, 5.74) is 3.24. The second-order valence-corrected chi connectivity index (χ2v) is 8.33. The summed E-state index contributed by atoms with van der Waals surface area (Å²) in [6, 6.07) is 14.5. The summed E-state index contributed by atoms with van der Waals surface area (Å²) in [6.07, 6.45) is 1.80. The summed E-state index contributed by atoms with van der Waals surface area (Å²) in [6.45, 7) is 3.99. The van der Waals surface area contributed by atoms with Gasteiger partial charge in [-0.3, -0.25) is 4.79 Å². The summed E-state index contributed by atoms with van der Waals surface area (Å²) < 4.78 is 25.1. The van der Waals surface area contributed by atoms with E-state index in [9.17, 15) is 9.18 Å². The fourth-order valence-corrected chi connectivity index (χ4v) is 4.72. The minimum atomic E-state index is -0.519. The summed E-state index contributed by atoms with van der Waals surface area (Å²) in [4.78, 5) is 15.6. The van der Waals surface area contributed by atoms with Crippen molar-refractivity contribution < 1.29 is 18.7 Å². The molecule has 4 rings (SSSR count). The molecule has 1 N–H and O–H groups in total. The molecule has 1 fully saturated rings. The van der Waals surface area contributed by atoms with Crippen LogP contribution in [-0.4, -0.2) is 55.9 Å². The third-order valence-corrected chi connectivity index (χ3v) is 6.37. The molecule has 0 spiro atoms. The molecule has 0 aromatic heterocycles. The monoisotopic (exact) mass is 426 g/mol. The van der Waals surface area contributed by atoms with Crippen molar-refractivity contribution in [3.05, 3.63) is 71.0 Å². The number of carbonyl (C=O) groups is 1. The molecule has 1 amide bonds. The first kappa shape index (κ1) is 21.9. The maximum atomic E-state index is 13.7. The minimum Gasteiger partial charge on any atom is -0.377 e. The Balaban J connectivity index is 1.61. The van der Waals surface area contributed by atoms with E-state index in [0.717, 1.165) is 30.5 Å². The number of ether oxygens (including phenoxy) is 2. The Hall–Kier alpha value is -2.28. The van der Waals surface area contributed by atoms with Crippen LogP contribution in [0.3, 0.4) is 0 Å². The molecule has 5 nitrogen and oxygen atoms in total. The maximum absolute atomic E-state index is 13.7. The molecular weight excluding hydrogens is 395 g/mol. The van der Waals surface area contributed by atoms with Gasteiger partial charge in [0.1, 0.15) is 11.9 Å². The highest BCUT2D eigenvalue weighted by Gasteiger charge is 2.40. The molecule has 2 aliphatic rings. The topological polar surface area (TPSA) is 50.8 Å². The number of hydrogen-bond donors (Lipinski definition) is 1. The van der Waals surface area contributed by atoms with E-state index in [2.05, 4.69) is 24.4 Å². The zero-order chi connectivity index (χ0) is 21.8. The van der Waals surface area contributed by atoms with E-state index in [1.807, 2.05) is 17.0 Å². The number of halogens is 1. The third-order valence-electron chi connectivity index (χ3n) is 6.37. The van der Waals surface area contributed by atoms with Crippen LogP contribution in [-0.2, 0) is 20.7 Å². The van der Waals surface area contributed by atoms with Crippen LogP contribution >= 0.6 is 0 Å². The van der Waals surface area contributed by atoms with Crippen LogP contribution < -0.4 is 5.32 Å². The first-order valence-electron chi connectivity index (χ1n) is 11.1. The number of benzene rings is 2. The molecule has 6 heteroatoms. The van der Waals surface area contributed by atoms with Crippen LogP contribution in [0.15, 0.2) is 48.5 Å². The van der Waals surface area contributed by atoms with Crippen molar-refractivity contribution in [3.8, 4) is 0 Å². The lowest BCUT2D eigenvalue weighted by molar-refractivity contribution is -0.157. The Morgan fingerprint density at radius 1 is 1.23 bits per heavy atom. The van der Waals surface area contributed by atoms with Gasteiger partial charge in [0.25, 0.3) is 5.91 Å². The normalized spacial score (nSPS) is 25.8. The molecule has 2 aliphatic heterocycles. The van der Waals surface area contributed by atoms with Gasteiger partial charge in [-0.2, -0.15) is 0 Å². The number of amides is 1. The SMILES string of the molecule is CCCN[C@H]1C[C@H](C(=O)N2CCc3ccccc3[C@@H]2c2ccc(F)cc2)OC[C@@H]1OC. The predicted octanol–water partition coefficient (Wildman–Crippen LogP) is 3.47. The molecule has 2 aromatic rings. The Bertz CT molecular complexity index is 889. The number of methoxy groups -OCH3 is 1. The fourth-order valence-electron chi connectivity index (χ4n) is 4.72. The summed E-state index contributed by atoms with van der Waals surface area (Å²) in [5, 5.41) is 3.51. The van der Waals surface area contributed by atoms with E-state index in [4.69, 9.17) is 9.47 Å². The van der Waals surface area contributed by atoms with E-state index in [-0.39, 0.29) is 29.9 Å². The zero-order valence-corrected chi connectivity index (χ0v) is 18.2. The van der Waals surface area contributed by atoms with Gasteiger partial charge in [0.05, 0.1) is 18.8 Å². The van der Waals surface area contributed by atoms with Gasteiger partial charge in [-0.25, -0.2) is 4.39 Å². The molecule has 0 radical (unpaired) electrons. The highest BCUT2D eigenvalue weighted by atomic mass is 19.1. The van der Waals surface area contributed by atoms with Crippen molar-refractivity contribution in [2.24, 2.45) is 0 Å². The second-order valence-electron chi connectivity index (χ2n) is 8.33. The van der Waals surface area contributed by atoms with E-state index in [1.54, 1.807) is 19.2 Å².